The van der Waals surface area contributed by atoms with Gasteiger partial charge in [-0.15, -0.1) is 0 Å². The third-order valence-corrected chi connectivity index (χ3v) is 1.92. The fraction of sp³-hybridized carbons (Fsp3) is 0.200. The number of amidine groups is 1. The van der Waals surface area contributed by atoms with E-state index in [1.54, 1.807) is 18.2 Å². The van der Waals surface area contributed by atoms with Crippen LogP contribution in [0, 0.1) is 0 Å². The van der Waals surface area contributed by atoms with Crippen LogP contribution in [0.3, 0.4) is 0 Å². The van der Waals surface area contributed by atoms with Crippen molar-refractivity contribution >= 4 is 17.4 Å². The Morgan fingerprint density at radius 3 is 2.75 bits per heavy atom. The predicted octanol–water partition coefficient (Wildman–Crippen LogP) is 0.748. The summed E-state index contributed by atoms with van der Waals surface area (Å²) in [5, 5.41) is 14.0. The summed E-state index contributed by atoms with van der Waals surface area (Å²) >= 11 is 0. The summed E-state index contributed by atoms with van der Waals surface area (Å²) in [5.74, 6) is 0.224. The van der Waals surface area contributed by atoms with Crippen molar-refractivity contribution in [2.24, 2.45) is 10.9 Å². The van der Waals surface area contributed by atoms with Crippen molar-refractivity contribution in [2.75, 3.05) is 12.4 Å². The van der Waals surface area contributed by atoms with Gasteiger partial charge in [-0.25, -0.2) is 0 Å². The predicted molar refractivity (Wildman–Crippen MR) is 59.8 cm³/mol. The van der Waals surface area contributed by atoms with E-state index in [-0.39, 0.29) is 11.7 Å². The number of benzene rings is 1. The Balaban J connectivity index is 3.11. The Bertz CT molecular complexity index is 429. The maximum absolute atomic E-state index is 10.9. The van der Waals surface area contributed by atoms with E-state index in [9.17, 15) is 4.79 Å². The maximum atomic E-state index is 10.9. The van der Waals surface area contributed by atoms with Gasteiger partial charge in [0.15, 0.2) is 5.84 Å². The summed E-state index contributed by atoms with van der Waals surface area (Å²) in [6.45, 7) is 1.40. The number of nitrogens with one attached hydrogen (secondary N) is 1. The number of methoxy groups -OCH3 is 1. The molecule has 1 aromatic carbocycles. The van der Waals surface area contributed by atoms with Crippen molar-refractivity contribution in [3.63, 3.8) is 0 Å². The van der Waals surface area contributed by atoms with Gasteiger partial charge in [0.2, 0.25) is 5.91 Å². The molecule has 0 unspecified atom stereocenters. The molecule has 0 aliphatic carbocycles. The quantitative estimate of drug-likeness (QED) is 0.305. The molecule has 1 amide bonds. The molecule has 0 bridgehead atoms. The lowest BCUT2D eigenvalue weighted by molar-refractivity contribution is -0.114. The molecule has 0 aliphatic rings. The molecular weight excluding hydrogens is 210 g/mol. The van der Waals surface area contributed by atoms with Crippen molar-refractivity contribution in [1.29, 1.82) is 0 Å². The summed E-state index contributed by atoms with van der Waals surface area (Å²) in [4.78, 5) is 10.9. The first-order valence-electron chi connectivity index (χ1n) is 4.52. The molecule has 1 aromatic rings. The zero-order valence-electron chi connectivity index (χ0n) is 9.02. The van der Waals surface area contributed by atoms with Crippen LogP contribution in [0.2, 0.25) is 0 Å². The van der Waals surface area contributed by atoms with Crippen LogP contribution in [0.15, 0.2) is 23.4 Å². The Kier molecular flexibility index (Phi) is 3.71. The number of amides is 1. The normalized spacial score (nSPS) is 11.0. The van der Waals surface area contributed by atoms with E-state index in [1.165, 1.54) is 14.0 Å². The van der Waals surface area contributed by atoms with E-state index in [4.69, 9.17) is 15.7 Å². The molecule has 0 saturated carbocycles. The maximum Gasteiger partial charge on any atom is 0.221 e. The monoisotopic (exact) mass is 223 g/mol. The molecule has 6 heteroatoms. The number of nitrogens with zero attached hydrogens (tertiary/aromatic N) is 1. The van der Waals surface area contributed by atoms with Crippen molar-refractivity contribution in [3.05, 3.63) is 23.8 Å². The summed E-state index contributed by atoms with van der Waals surface area (Å²) in [6, 6.07) is 4.80. The largest absolute Gasteiger partial charge is 0.495 e. The van der Waals surface area contributed by atoms with Crippen LogP contribution >= 0.6 is 0 Å². The van der Waals surface area contributed by atoms with Gasteiger partial charge in [-0.3, -0.25) is 4.79 Å². The molecular formula is C10H13N3O3. The van der Waals surface area contributed by atoms with Gasteiger partial charge < -0.3 is 21.0 Å². The van der Waals surface area contributed by atoms with Gasteiger partial charge in [0.25, 0.3) is 0 Å². The summed E-state index contributed by atoms with van der Waals surface area (Å²) in [5.41, 5.74) is 6.47. The standard InChI is InChI=1S/C10H13N3O3/c1-6(14)12-8-4-3-7(10(11)13-15)5-9(8)16-2/h3-5,15H,1-2H3,(H2,11,13)(H,12,14). The first-order chi connectivity index (χ1) is 7.58. The van der Waals surface area contributed by atoms with Crippen molar-refractivity contribution < 1.29 is 14.7 Å². The highest BCUT2D eigenvalue weighted by molar-refractivity contribution is 5.99. The van der Waals surface area contributed by atoms with E-state index >= 15 is 0 Å². The highest BCUT2D eigenvalue weighted by Crippen LogP contribution is 2.25. The number of oxime groups is 1. The minimum absolute atomic E-state index is 0.0207. The molecule has 86 valence electrons. The van der Waals surface area contributed by atoms with E-state index < -0.39 is 0 Å². The third-order valence-electron chi connectivity index (χ3n) is 1.92. The molecule has 16 heavy (non-hydrogen) atoms. The van der Waals surface area contributed by atoms with Gasteiger partial charge >= 0.3 is 0 Å². The number of rotatable bonds is 3. The molecule has 0 radical (unpaired) electrons. The molecule has 0 aromatic heterocycles. The van der Waals surface area contributed by atoms with Crippen molar-refractivity contribution in [2.45, 2.75) is 6.92 Å². The average molecular weight is 223 g/mol. The number of hydrogen-bond donors (Lipinski definition) is 3. The van der Waals surface area contributed by atoms with Crippen LogP contribution in [-0.2, 0) is 4.79 Å². The molecule has 0 aliphatic heterocycles. The molecule has 0 atom stereocenters. The van der Waals surface area contributed by atoms with Crippen LogP contribution in [0.25, 0.3) is 0 Å². The minimum Gasteiger partial charge on any atom is -0.495 e. The zero-order valence-corrected chi connectivity index (χ0v) is 9.02. The number of nitrogens with two attached hydrogens (primary N) is 1. The van der Waals surface area contributed by atoms with Gasteiger partial charge in [0.05, 0.1) is 12.8 Å². The highest BCUT2D eigenvalue weighted by atomic mass is 16.5. The van der Waals surface area contributed by atoms with Gasteiger partial charge in [0.1, 0.15) is 5.75 Å². The number of anilines is 1. The Labute approximate surface area is 92.7 Å². The number of hydrogen-bond acceptors (Lipinski definition) is 4. The Morgan fingerprint density at radius 1 is 1.56 bits per heavy atom. The second-order valence-corrected chi connectivity index (χ2v) is 3.08. The summed E-state index contributed by atoms with van der Waals surface area (Å²) in [6.07, 6.45) is 0. The third kappa shape index (κ3) is 2.63. The van der Waals surface area contributed by atoms with Crippen molar-refractivity contribution in [3.8, 4) is 5.75 Å². The van der Waals surface area contributed by atoms with Gasteiger partial charge in [-0.05, 0) is 18.2 Å². The minimum atomic E-state index is -0.199. The molecule has 0 heterocycles. The topological polar surface area (TPSA) is 96.9 Å². The van der Waals surface area contributed by atoms with E-state index in [1.807, 2.05) is 0 Å². The Hall–Kier alpha value is -2.24. The van der Waals surface area contributed by atoms with Crippen LogP contribution in [-0.4, -0.2) is 24.1 Å². The molecule has 1 rings (SSSR count). The van der Waals surface area contributed by atoms with Gasteiger partial charge in [-0.2, -0.15) is 0 Å². The fourth-order valence-electron chi connectivity index (χ4n) is 1.20. The molecule has 0 fully saturated rings. The highest BCUT2D eigenvalue weighted by Gasteiger charge is 2.07. The number of carbonyl (C=O) groups excluding carboxylic acids is 1. The second-order valence-electron chi connectivity index (χ2n) is 3.08. The number of ether oxygens (including phenoxy) is 1. The lowest BCUT2D eigenvalue weighted by Gasteiger charge is -2.10. The van der Waals surface area contributed by atoms with Crippen LogP contribution < -0.4 is 15.8 Å². The number of carbonyl (C=O) groups is 1. The summed E-state index contributed by atoms with van der Waals surface area (Å²) < 4.78 is 5.07. The molecule has 6 nitrogen and oxygen atoms in total. The fourth-order valence-corrected chi connectivity index (χ4v) is 1.20. The van der Waals surface area contributed by atoms with Crippen LogP contribution in [0.4, 0.5) is 5.69 Å². The van der Waals surface area contributed by atoms with E-state index in [2.05, 4.69) is 10.5 Å². The van der Waals surface area contributed by atoms with E-state index in [0.29, 0.717) is 17.0 Å². The SMILES string of the molecule is COc1cc(/C(N)=N/O)ccc1NC(C)=O. The van der Waals surface area contributed by atoms with Crippen LogP contribution in [0.5, 0.6) is 5.75 Å². The van der Waals surface area contributed by atoms with Crippen molar-refractivity contribution in [1.82, 2.24) is 0 Å². The van der Waals surface area contributed by atoms with Gasteiger partial charge in [-0.1, -0.05) is 5.16 Å². The molecule has 0 spiro atoms. The average Bonchev–Trinajstić information content (AvgIpc) is 2.27. The first-order valence-corrected chi connectivity index (χ1v) is 4.52. The molecule has 4 N–H and O–H groups in total. The second kappa shape index (κ2) is 5.01. The smallest absolute Gasteiger partial charge is 0.221 e. The first kappa shape index (κ1) is 11.8. The molecule has 0 saturated heterocycles. The Morgan fingerprint density at radius 2 is 2.25 bits per heavy atom. The van der Waals surface area contributed by atoms with Crippen LogP contribution in [0.1, 0.15) is 12.5 Å². The lowest BCUT2D eigenvalue weighted by atomic mass is 10.1. The van der Waals surface area contributed by atoms with E-state index in [0.717, 1.165) is 0 Å². The summed E-state index contributed by atoms with van der Waals surface area (Å²) in [7, 11) is 1.47. The lowest BCUT2D eigenvalue weighted by Crippen LogP contribution is -2.14. The zero-order chi connectivity index (χ0) is 12.1. The van der Waals surface area contributed by atoms with Gasteiger partial charge in [0, 0.05) is 12.5 Å².